The Morgan fingerprint density at radius 2 is 1.80 bits per heavy atom. The average molecular weight is 284 g/mol. The third-order valence-electron chi connectivity index (χ3n) is 3.37. The van der Waals surface area contributed by atoms with E-state index in [2.05, 4.69) is 0 Å². The average Bonchev–Trinajstić information content (AvgIpc) is 2.74. The number of halogens is 2. The molecule has 0 aliphatic heterocycles. The SMILES string of the molecule is O=C(O)C1CC(F)(F)CC1C(=O)OCc1ccccc1. The van der Waals surface area contributed by atoms with Crippen LogP contribution in [0.4, 0.5) is 8.78 Å². The molecule has 20 heavy (non-hydrogen) atoms. The molecule has 0 spiro atoms. The van der Waals surface area contributed by atoms with Gasteiger partial charge in [-0.1, -0.05) is 30.3 Å². The van der Waals surface area contributed by atoms with E-state index in [1.807, 2.05) is 0 Å². The molecule has 1 N–H and O–H groups in total. The second kappa shape index (κ2) is 5.56. The molecule has 1 fully saturated rings. The van der Waals surface area contributed by atoms with Crippen molar-refractivity contribution >= 4 is 11.9 Å². The van der Waals surface area contributed by atoms with Crippen LogP contribution in [0.1, 0.15) is 18.4 Å². The lowest BCUT2D eigenvalue weighted by molar-refractivity contribution is -0.157. The van der Waals surface area contributed by atoms with E-state index in [1.54, 1.807) is 30.3 Å². The highest BCUT2D eigenvalue weighted by Crippen LogP contribution is 2.43. The number of aliphatic carboxylic acids is 1. The van der Waals surface area contributed by atoms with Crippen LogP contribution in [-0.4, -0.2) is 23.0 Å². The molecular weight excluding hydrogens is 270 g/mol. The normalized spacial score (nSPS) is 24.3. The molecule has 0 aromatic heterocycles. The number of carboxylic acid groups (broad SMARTS) is 1. The van der Waals surface area contributed by atoms with Crippen molar-refractivity contribution in [2.75, 3.05) is 0 Å². The smallest absolute Gasteiger partial charge is 0.310 e. The lowest BCUT2D eigenvalue weighted by Crippen LogP contribution is -2.26. The predicted molar refractivity (Wildman–Crippen MR) is 65.0 cm³/mol. The Labute approximate surface area is 114 Å². The Bertz CT molecular complexity index is 501. The van der Waals surface area contributed by atoms with Crippen molar-refractivity contribution in [3.8, 4) is 0 Å². The van der Waals surface area contributed by atoms with Gasteiger partial charge < -0.3 is 9.84 Å². The molecule has 1 aromatic carbocycles. The standard InChI is InChI=1S/C14H14F2O4/c15-14(16)6-10(12(17)18)11(7-14)13(19)20-8-9-4-2-1-3-5-9/h1-5,10-11H,6-8H2,(H,17,18). The van der Waals surface area contributed by atoms with Gasteiger partial charge >= 0.3 is 11.9 Å². The molecule has 4 nitrogen and oxygen atoms in total. The third-order valence-corrected chi connectivity index (χ3v) is 3.37. The molecule has 1 aliphatic rings. The number of esters is 1. The zero-order valence-corrected chi connectivity index (χ0v) is 10.6. The zero-order chi connectivity index (χ0) is 14.8. The number of hydrogen-bond acceptors (Lipinski definition) is 3. The minimum Gasteiger partial charge on any atom is -0.481 e. The summed E-state index contributed by atoms with van der Waals surface area (Å²) in [5.74, 6) is -8.05. The van der Waals surface area contributed by atoms with Crippen LogP contribution in [0.15, 0.2) is 30.3 Å². The van der Waals surface area contributed by atoms with E-state index in [1.165, 1.54) is 0 Å². The van der Waals surface area contributed by atoms with Gasteiger partial charge in [0.05, 0.1) is 11.8 Å². The molecule has 1 aromatic rings. The van der Waals surface area contributed by atoms with Crippen LogP contribution >= 0.6 is 0 Å². The van der Waals surface area contributed by atoms with Crippen molar-refractivity contribution in [2.45, 2.75) is 25.4 Å². The van der Waals surface area contributed by atoms with Crippen LogP contribution in [-0.2, 0) is 20.9 Å². The van der Waals surface area contributed by atoms with Crippen molar-refractivity contribution in [1.29, 1.82) is 0 Å². The first-order valence-corrected chi connectivity index (χ1v) is 6.20. The summed E-state index contributed by atoms with van der Waals surface area (Å²) >= 11 is 0. The maximum Gasteiger partial charge on any atom is 0.310 e. The van der Waals surface area contributed by atoms with Crippen LogP contribution in [0.2, 0.25) is 0 Å². The van der Waals surface area contributed by atoms with Crippen LogP contribution in [0, 0.1) is 11.8 Å². The van der Waals surface area contributed by atoms with Gasteiger partial charge in [-0.3, -0.25) is 9.59 Å². The van der Waals surface area contributed by atoms with Gasteiger partial charge in [0.1, 0.15) is 6.61 Å². The minimum absolute atomic E-state index is 0.0475. The number of carbonyl (C=O) groups is 2. The van der Waals surface area contributed by atoms with Crippen LogP contribution in [0.25, 0.3) is 0 Å². The molecule has 6 heteroatoms. The number of ether oxygens (including phenoxy) is 1. The monoisotopic (exact) mass is 284 g/mol. The maximum atomic E-state index is 13.3. The fourth-order valence-electron chi connectivity index (χ4n) is 2.35. The largest absolute Gasteiger partial charge is 0.481 e. The molecule has 2 unspecified atom stereocenters. The molecule has 2 atom stereocenters. The lowest BCUT2D eigenvalue weighted by Gasteiger charge is -2.14. The van der Waals surface area contributed by atoms with Crippen molar-refractivity contribution in [2.24, 2.45) is 11.8 Å². The van der Waals surface area contributed by atoms with Gasteiger partial charge in [-0.15, -0.1) is 0 Å². The fourth-order valence-corrected chi connectivity index (χ4v) is 2.35. The summed E-state index contributed by atoms with van der Waals surface area (Å²) in [6, 6.07) is 8.76. The van der Waals surface area contributed by atoms with Crippen LogP contribution in [0.3, 0.4) is 0 Å². The van der Waals surface area contributed by atoms with E-state index < -0.39 is 42.5 Å². The van der Waals surface area contributed by atoms with Crippen molar-refractivity contribution < 1.29 is 28.2 Å². The first kappa shape index (κ1) is 14.4. The number of benzene rings is 1. The van der Waals surface area contributed by atoms with Crippen molar-refractivity contribution in [3.05, 3.63) is 35.9 Å². The Kier molecular flexibility index (Phi) is 4.01. The summed E-state index contributed by atoms with van der Waals surface area (Å²) in [5.41, 5.74) is 0.720. The van der Waals surface area contributed by atoms with Crippen molar-refractivity contribution in [1.82, 2.24) is 0 Å². The molecular formula is C14H14F2O4. The number of hydrogen-bond donors (Lipinski definition) is 1. The van der Waals surface area contributed by atoms with Gasteiger partial charge in [0.25, 0.3) is 0 Å². The van der Waals surface area contributed by atoms with E-state index in [9.17, 15) is 18.4 Å². The molecule has 0 bridgehead atoms. The summed E-state index contributed by atoms with van der Waals surface area (Å²) in [6.45, 7) is -0.0475. The van der Waals surface area contributed by atoms with Gasteiger partial charge in [-0.25, -0.2) is 8.78 Å². The number of rotatable bonds is 4. The predicted octanol–water partition coefficient (Wildman–Crippen LogP) is 2.48. The molecule has 0 radical (unpaired) electrons. The Balaban J connectivity index is 1.99. The van der Waals surface area contributed by atoms with Gasteiger partial charge in [0.2, 0.25) is 5.92 Å². The summed E-state index contributed by atoms with van der Waals surface area (Å²) in [4.78, 5) is 22.7. The topological polar surface area (TPSA) is 63.6 Å². The third kappa shape index (κ3) is 3.31. The minimum atomic E-state index is -3.13. The maximum absolute atomic E-state index is 13.3. The van der Waals surface area contributed by atoms with Gasteiger partial charge in [0, 0.05) is 12.8 Å². The highest BCUT2D eigenvalue weighted by Gasteiger charge is 2.53. The van der Waals surface area contributed by atoms with E-state index in [0.29, 0.717) is 0 Å². The second-order valence-electron chi connectivity index (χ2n) is 4.91. The molecule has 0 amide bonds. The highest BCUT2D eigenvalue weighted by molar-refractivity contribution is 5.82. The molecule has 0 saturated heterocycles. The number of carbonyl (C=O) groups excluding carboxylic acids is 1. The molecule has 2 rings (SSSR count). The zero-order valence-electron chi connectivity index (χ0n) is 10.6. The summed E-state index contributed by atoms with van der Waals surface area (Å²) in [5, 5.41) is 8.91. The van der Waals surface area contributed by atoms with Crippen LogP contribution in [0.5, 0.6) is 0 Å². The van der Waals surface area contributed by atoms with E-state index in [4.69, 9.17) is 9.84 Å². The first-order chi connectivity index (χ1) is 9.39. The number of alkyl halides is 2. The van der Waals surface area contributed by atoms with E-state index >= 15 is 0 Å². The highest BCUT2D eigenvalue weighted by atomic mass is 19.3. The summed E-state index contributed by atoms with van der Waals surface area (Å²) in [7, 11) is 0. The molecule has 0 heterocycles. The first-order valence-electron chi connectivity index (χ1n) is 6.20. The second-order valence-corrected chi connectivity index (χ2v) is 4.91. The molecule has 1 saturated carbocycles. The van der Waals surface area contributed by atoms with Gasteiger partial charge in [0.15, 0.2) is 0 Å². The number of carboxylic acids is 1. The summed E-state index contributed by atoms with van der Waals surface area (Å²) in [6.07, 6.45) is -1.58. The van der Waals surface area contributed by atoms with E-state index in [-0.39, 0.29) is 6.61 Å². The Morgan fingerprint density at radius 1 is 1.20 bits per heavy atom. The van der Waals surface area contributed by atoms with E-state index in [0.717, 1.165) is 5.56 Å². The Hall–Kier alpha value is -1.98. The van der Waals surface area contributed by atoms with Crippen molar-refractivity contribution in [3.63, 3.8) is 0 Å². The quantitative estimate of drug-likeness (QED) is 0.863. The lowest BCUT2D eigenvalue weighted by atomic mass is 9.96. The van der Waals surface area contributed by atoms with Gasteiger partial charge in [-0.05, 0) is 5.56 Å². The fraction of sp³-hybridized carbons (Fsp3) is 0.429. The summed E-state index contributed by atoms with van der Waals surface area (Å²) < 4.78 is 31.5. The van der Waals surface area contributed by atoms with Gasteiger partial charge in [-0.2, -0.15) is 0 Å². The van der Waals surface area contributed by atoms with Crippen LogP contribution < -0.4 is 0 Å². The Morgan fingerprint density at radius 3 is 2.40 bits per heavy atom. The molecule has 1 aliphatic carbocycles. The molecule has 108 valence electrons.